The normalized spacial score (nSPS) is 10.9. The summed E-state index contributed by atoms with van der Waals surface area (Å²) in [7, 11) is 1.65. The third kappa shape index (κ3) is 4.89. The number of aryl methyl sites for hydroxylation is 1. The van der Waals surface area contributed by atoms with E-state index in [-0.39, 0.29) is 0 Å². The van der Waals surface area contributed by atoms with E-state index in [2.05, 4.69) is 25.7 Å². The van der Waals surface area contributed by atoms with Crippen molar-refractivity contribution in [2.75, 3.05) is 18.2 Å². The molecule has 3 heterocycles. The molecule has 0 saturated carbocycles. The molecule has 0 aliphatic rings. The Bertz CT molecular complexity index is 999. The fraction of sp³-hybridized carbons (Fsp3) is 0.222. The van der Waals surface area contributed by atoms with E-state index in [9.17, 15) is 0 Å². The highest BCUT2D eigenvalue weighted by molar-refractivity contribution is 8.01. The lowest BCUT2D eigenvalue weighted by Gasteiger charge is -2.03. The Labute approximate surface area is 174 Å². The summed E-state index contributed by atoms with van der Waals surface area (Å²) in [5.74, 6) is 3.07. The minimum atomic E-state index is 0.663. The van der Waals surface area contributed by atoms with Gasteiger partial charge in [-0.25, -0.2) is 0 Å². The molecule has 1 N–H and O–H groups in total. The quantitative estimate of drug-likeness (QED) is 0.288. The number of rotatable bonds is 9. The van der Waals surface area contributed by atoms with E-state index in [1.54, 1.807) is 30.2 Å². The van der Waals surface area contributed by atoms with Crippen LogP contribution in [-0.2, 0) is 6.42 Å². The summed E-state index contributed by atoms with van der Waals surface area (Å²) in [5.41, 5.74) is 0.950. The number of hydrogen-bond acceptors (Lipinski definition) is 10. The zero-order valence-electron chi connectivity index (χ0n) is 15.0. The van der Waals surface area contributed by atoms with Crippen molar-refractivity contribution in [3.05, 3.63) is 47.7 Å². The summed E-state index contributed by atoms with van der Waals surface area (Å²) in [6.07, 6.45) is 1.68. The number of anilines is 2. The first kappa shape index (κ1) is 18.9. The molecule has 3 aromatic heterocycles. The molecule has 0 radical (unpaired) electrons. The molecular formula is C18H17N5O2S3. The summed E-state index contributed by atoms with van der Waals surface area (Å²) in [5, 5.41) is 18.5. The Hall–Kier alpha value is -2.43. The second-order valence-electron chi connectivity index (χ2n) is 5.67. The number of thioether (sulfide) groups is 1. The first-order chi connectivity index (χ1) is 13.8. The first-order valence-electron chi connectivity index (χ1n) is 8.54. The molecule has 0 atom stereocenters. The lowest BCUT2D eigenvalue weighted by molar-refractivity contribution is 0.378. The molecule has 0 unspecified atom stereocenters. The van der Waals surface area contributed by atoms with Gasteiger partial charge in [-0.1, -0.05) is 34.3 Å². The predicted molar refractivity (Wildman–Crippen MR) is 113 cm³/mol. The number of benzene rings is 1. The van der Waals surface area contributed by atoms with Gasteiger partial charge in [-0.15, -0.1) is 21.5 Å². The van der Waals surface area contributed by atoms with Crippen molar-refractivity contribution >= 4 is 45.3 Å². The average molecular weight is 432 g/mol. The number of nitrogens with zero attached hydrogens (tertiary/aromatic N) is 4. The van der Waals surface area contributed by atoms with Crippen LogP contribution in [0.25, 0.3) is 10.7 Å². The van der Waals surface area contributed by atoms with Gasteiger partial charge in [-0.2, -0.15) is 4.98 Å². The SMILES string of the molecule is COc1ccc(Nc2nnc(SCCCc3nc(-c4cccs4)no3)s2)cc1. The molecule has 0 amide bonds. The van der Waals surface area contributed by atoms with Gasteiger partial charge in [-0.3, -0.25) is 0 Å². The van der Waals surface area contributed by atoms with Gasteiger partial charge in [0.15, 0.2) is 4.34 Å². The van der Waals surface area contributed by atoms with Crippen molar-refractivity contribution in [1.29, 1.82) is 0 Å². The van der Waals surface area contributed by atoms with Crippen LogP contribution in [0.5, 0.6) is 5.75 Å². The topological polar surface area (TPSA) is 86.0 Å². The highest BCUT2D eigenvalue weighted by Crippen LogP contribution is 2.29. The molecule has 0 saturated heterocycles. The highest BCUT2D eigenvalue weighted by atomic mass is 32.2. The summed E-state index contributed by atoms with van der Waals surface area (Å²) in [6.45, 7) is 0. The van der Waals surface area contributed by atoms with E-state index in [1.165, 1.54) is 11.3 Å². The molecular weight excluding hydrogens is 414 g/mol. The zero-order valence-corrected chi connectivity index (χ0v) is 17.4. The Morgan fingerprint density at radius 1 is 1.18 bits per heavy atom. The molecule has 7 nitrogen and oxygen atoms in total. The van der Waals surface area contributed by atoms with E-state index < -0.39 is 0 Å². The van der Waals surface area contributed by atoms with Crippen LogP contribution in [0.4, 0.5) is 10.8 Å². The van der Waals surface area contributed by atoms with E-state index in [4.69, 9.17) is 9.26 Å². The van der Waals surface area contributed by atoms with Gasteiger partial charge in [0.1, 0.15) is 5.75 Å². The van der Waals surface area contributed by atoms with E-state index in [0.717, 1.165) is 44.4 Å². The molecule has 0 aliphatic carbocycles. The Kier molecular flexibility index (Phi) is 6.20. The van der Waals surface area contributed by atoms with Crippen molar-refractivity contribution in [3.63, 3.8) is 0 Å². The molecule has 28 heavy (non-hydrogen) atoms. The van der Waals surface area contributed by atoms with Gasteiger partial charge in [0.05, 0.1) is 12.0 Å². The number of hydrogen-bond donors (Lipinski definition) is 1. The van der Waals surface area contributed by atoms with E-state index in [1.807, 2.05) is 41.8 Å². The molecule has 144 valence electrons. The molecule has 0 aliphatic heterocycles. The highest BCUT2D eigenvalue weighted by Gasteiger charge is 2.10. The second-order valence-corrected chi connectivity index (χ2v) is 8.93. The number of nitrogens with one attached hydrogen (secondary N) is 1. The van der Waals surface area contributed by atoms with Crippen LogP contribution in [0, 0.1) is 0 Å². The van der Waals surface area contributed by atoms with Gasteiger partial charge >= 0.3 is 0 Å². The molecule has 10 heteroatoms. The van der Waals surface area contributed by atoms with Gasteiger partial charge < -0.3 is 14.6 Å². The number of methoxy groups -OCH3 is 1. The number of ether oxygens (including phenoxy) is 1. The monoisotopic (exact) mass is 431 g/mol. The Morgan fingerprint density at radius 3 is 2.86 bits per heavy atom. The van der Waals surface area contributed by atoms with Crippen molar-refractivity contribution in [3.8, 4) is 16.5 Å². The maximum absolute atomic E-state index is 5.32. The largest absolute Gasteiger partial charge is 0.497 e. The third-order valence-corrected chi connectivity index (χ3v) is 6.64. The van der Waals surface area contributed by atoms with Crippen LogP contribution < -0.4 is 10.1 Å². The Balaban J connectivity index is 1.22. The fourth-order valence-corrected chi connectivity index (χ4v) is 4.79. The van der Waals surface area contributed by atoms with Crippen molar-refractivity contribution in [2.24, 2.45) is 0 Å². The Morgan fingerprint density at radius 2 is 2.07 bits per heavy atom. The van der Waals surface area contributed by atoms with Gasteiger partial charge in [0.2, 0.25) is 16.8 Å². The van der Waals surface area contributed by atoms with Crippen LogP contribution in [0.15, 0.2) is 50.6 Å². The van der Waals surface area contributed by atoms with Crippen LogP contribution in [0.3, 0.4) is 0 Å². The minimum absolute atomic E-state index is 0.663. The van der Waals surface area contributed by atoms with Gasteiger partial charge in [0.25, 0.3) is 0 Å². The molecule has 1 aromatic carbocycles. The third-order valence-electron chi connectivity index (χ3n) is 3.72. The molecule has 0 fully saturated rings. The lowest BCUT2D eigenvalue weighted by Crippen LogP contribution is -1.89. The van der Waals surface area contributed by atoms with Crippen LogP contribution in [0.1, 0.15) is 12.3 Å². The van der Waals surface area contributed by atoms with Gasteiger partial charge in [0, 0.05) is 17.9 Å². The van der Waals surface area contributed by atoms with Crippen LogP contribution in [-0.4, -0.2) is 33.2 Å². The minimum Gasteiger partial charge on any atom is -0.497 e. The summed E-state index contributed by atoms with van der Waals surface area (Å²) in [4.78, 5) is 5.46. The van der Waals surface area contributed by atoms with E-state index in [0.29, 0.717) is 11.7 Å². The fourth-order valence-electron chi connectivity index (χ4n) is 2.36. The maximum atomic E-state index is 5.32. The molecule has 0 spiro atoms. The predicted octanol–water partition coefficient (Wildman–Crippen LogP) is 5.13. The van der Waals surface area contributed by atoms with Gasteiger partial charge in [-0.05, 0) is 42.1 Å². The number of thiophene rings is 1. The summed E-state index contributed by atoms with van der Waals surface area (Å²) < 4.78 is 11.4. The molecule has 0 bridgehead atoms. The van der Waals surface area contributed by atoms with Crippen molar-refractivity contribution < 1.29 is 9.26 Å². The van der Waals surface area contributed by atoms with Crippen molar-refractivity contribution in [1.82, 2.24) is 20.3 Å². The molecule has 4 rings (SSSR count). The smallest absolute Gasteiger partial charge is 0.227 e. The molecule has 4 aromatic rings. The maximum Gasteiger partial charge on any atom is 0.227 e. The average Bonchev–Trinajstić information content (AvgIpc) is 3.47. The van der Waals surface area contributed by atoms with Crippen molar-refractivity contribution in [2.45, 2.75) is 17.2 Å². The zero-order chi connectivity index (χ0) is 19.2. The standard InChI is InChI=1S/C18H17N5O2S3/c1-24-13-8-6-12(7-9-13)19-17-21-22-18(28-17)27-11-3-5-15-20-16(23-25-15)14-4-2-10-26-14/h2,4,6-10H,3,5,11H2,1H3,(H,19,21). The number of aromatic nitrogens is 4. The first-order valence-corrected chi connectivity index (χ1v) is 11.2. The second kappa shape index (κ2) is 9.18. The van der Waals surface area contributed by atoms with Crippen LogP contribution in [0.2, 0.25) is 0 Å². The summed E-state index contributed by atoms with van der Waals surface area (Å²) >= 11 is 4.82. The van der Waals surface area contributed by atoms with E-state index >= 15 is 0 Å². The lowest BCUT2D eigenvalue weighted by atomic mass is 10.3. The summed E-state index contributed by atoms with van der Waals surface area (Å²) in [6, 6.07) is 11.7. The van der Waals surface area contributed by atoms with Crippen LogP contribution >= 0.6 is 34.4 Å².